The van der Waals surface area contributed by atoms with Gasteiger partial charge < -0.3 is 5.73 Å². The molecule has 0 radical (unpaired) electrons. The summed E-state index contributed by atoms with van der Waals surface area (Å²) >= 11 is 0. The molecule has 0 aliphatic heterocycles. The summed E-state index contributed by atoms with van der Waals surface area (Å²) in [6.07, 6.45) is 0.712. The molecule has 0 spiro atoms. The van der Waals surface area contributed by atoms with Gasteiger partial charge in [-0.1, -0.05) is 25.1 Å². The Morgan fingerprint density at radius 2 is 2.06 bits per heavy atom. The van der Waals surface area contributed by atoms with Crippen molar-refractivity contribution in [1.29, 1.82) is 0 Å². The third-order valence-corrected chi connectivity index (χ3v) is 2.69. The SMILES string of the molecule is CCc1nc2ccccc2c(N)c1C(C)=O. The maximum absolute atomic E-state index is 11.6. The molecular weight excluding hydrogens is 200 g/mol. The highest BCUT2D eigenvalue weighted by molar-refractivity contribution is 6.07. The fraction of sp³-hybridized carbons (Fsp3) is 0.231. The van der Waals surface area contributed by atoms with Crippen molar-refractivity contribution in [3.63, 3.8) is 0 Å². The number of fused-ring (bicyclic) bond motifs is 1. The Hall–Kier alpha value is -1.90. The number of ketones is 1. The average molecular weight is 214 g/mol. The number of anilines is 1. The standard InChI is InChI=1S/C13H14N2O/c1-3-10-12(8(2)16)13(14)9-6-4-5-7-11(9)15-10/h4-7H,3H2,1-2H3,(H2,14,15). The second kappa shape index (κ2) is 3.93. The molecule has 2 N–H and O–H groups in total. The summed E-state index contributed by atoms with van der Waals surface area (Å²) in [4.78, 5) is 16.0. The Kier molecular flexibility index (Phi) is 2.60. The number of nitrogens with two attached hydrogens (primary N) is 1. The zero-order chi connectivity index (χ0) is 11.7. The van der Waals surface area contributed by atoms with Crippen molar-refractivity contribution in [1.82, 2.24) is 4.98 Å². The largest absolute Gasteiger partial charge is 0.398 e. The van der Waals surface area contributed by atoms with Crippen molar-refractivity contribution >= 4 is 22.4 Å². The monoisotopic (exact) mass is 214 g/mol. The normalized spacial score (nSPS) is 10.6. The van der Waals surface area contributed by atoms with E-state index in [4.69, 9.17) is 5.73 Å². The van der Waals surface area contributed by atoms with Crippen LogP contribution in [0.25, 0.3) is 10.9 Å². The average Bonchev–Trinajstić information content (AvgIpc) is 2.28. The van der Waals surface area contributed by atoms with E-state index in [1.54, 1.807) is 0 Å². The van der Waals surface area contributed by atoms with Gasteiger partial charge in [0.1, 0.15) is 0 Å². The summed E-state index contributed by atoms with van der Waals surface area (Å²) in [5.41, 5.74) is 8.79. The Labute approximate surface area is 94.3 Å². The molecule has 0 atom stereocenters. The third-order valence-electron chi connectivity index (χ3n) is 2.69. The molecular formula is C13H14N2O. The Morgan fingerprint density at radius 1 is 1.38 bits per heavy atom. The van der Waals surface area contributed by atoms with Gasteiger partial charge >= 0.3 is 0 Å². The van der Waals surface area contributed by atoms with Gasteiger partial charge in [0.25, 0.3) is 0 Å². The minimum absolute atomic E-state index is 0.0207. The molecule has 3 heteroatoms. The fourth-order valence-electron chi connectivity index (χ4n) is 1.94. The van der Waals surface area contributed by atoms with E-state index in [-0.39, 0.29) is 5.78 Å². The zero-order valence-electron chi connectivity index (χ0n) is 9.45. The van der Waals surface area contributed by atoms with Crippen molar-refractivity contribution in [3.05, 3.63) is 35.5 Å². The van der Waals surface area contributed by atoms with Crippen molar-refractivity contribution in [2.75, 3.05) is 5.73 Å². The van der Waals surface area contributed by atoms with Crippen LogP contribution in [0.15, 0.2) is 24.3 Å². The number of rotatable bonds is 2. The molecule has 0 bridgehead atoms. The Bertz CT molecular complexity index is 561. The number of carbonyl (C=O) groups excluding carboxylic acids is 1. The van der Waals surface area contributed by atoms with Crippen LogP contribution in [-0.4, -0.2) is 10.8 Å². The molecule has 0 saturated heterocycles. The molecule has 0 saturated carbocycles. The lowest BCUT2D eigenvalue weighted by molar-refractivity contribution is 0.101. The molecule has 0 aliphatic carbocycles. The van der Waals surface area contributed by atoms with Gasteiger partial charge in [0.15, 0.2) is 5.78 Å². The highest BCUT2D eigenvalue weighted by atomic mass is 16.1. The molecule has 16 heavy (non-hydrogen) atoms. The second-order valence-corrected chi connectivity index (χ2v) is 3.77. The van der Waals surface area contributed by atoms with Gasteiger partial charge in [-0.15, -0.1) is 0 Å². The zero-order valence-corrected chi connectivity index (χ0v) is 9.45. The predicted octanol–water partition coefficient (Wildman–Crippen LogP) is 2.58. The van der Waals surface area contributed by atoms with E-state index in [2.05, 4.69) is 4.98 Å². The van der Waals surface area contributed by atoms with E-state index >= 15 is 0 Å². The number of Topliss-reactive ketones (excluding diaryl/α,β-unsaturated/α-hetero) is 1. The van der Waals surface area contributed by atoms with Crippen LogP contribution < -0.4 is 5.73 Å². The molecule has 0 amide bonds. The maximum Gasteiger partial charge on any atom is 0.163 e. The molecule has 0 aliphatic rings. The maximum atomic E-state index is 11.6. The highest BCUT2D eigenvalue weighted by Crippen LogP contribution is 2.26. The van der Waals surface area contributed by atoms with Gasteiger partial charge in [0.2, 0.25) is 0 Å². The Morgan fingerprint density at radius 3 is 2.69 bits per heavy atom. The van der Waals surface area contributed by atoms with Crippen LogP contribution in [0.4, 0.5) is 5.69 Å². The van der Waals surface area contributed by atoms with Gasteiger partial charge in [0, 0.05) is 5.39 Å². The van der Waals surface area contributed by atoms with Gasteiger partial charge in [-0.25, -0.2) is 0 Å². The minimum atomic E-state index is -0.0207. The van der Waals surface area contributed by atoms with Crippen molar-refractivity contribution in [2.24, 2.45) is 0 Å². The van der Waals surface area contributed by atoms with Crippen LogP contribution in [0, 0.1) is 0 Å². The number of hydrogen-bond donors (Lipinski definition) is 1. The molecule has 1 aromatic carbocycles. The summed E-state index contributed by atoms with van der Waals surface area (Å²) in [6.45, 7) is 3.50. The molecule has 82 valence electrons. The first-order valence-corrected chi connectivity index (χ1v) is 5.33. The van der Waals surface area contributed by atoms with Crippen LogP contribution in [0.5, 0.6) is 0 Å². The summed E-state index contributed by atoms with van der Waals surface area (Å²) in [6, 6.07) is 7.62. The number of nitrogen functional groups attached to an aromatic ring is 1. The molecule has 3 nitrogen and oxygen atoms in total. The smallest absolute Gasteiger partial charge is 0.163 e. The summed E-state index contributed by atoms with van der Waals surface area (Å²) in [5, 5.41) is 0.852. The van der Waals surface area contributed by atoms with Gasteiger partial charge in [-0.05, 0) is 19.4 Å². The number of aromatic nitrogens is 1. The summed E-state index contributed by atoms with van der Waals surface area (Å²) in [5.74, 6) is -0.0207. The summed E-state index contributed by atoms with van der Waals surface area (Å²) in [7, 11) is 0. The summed E-state index contributed by atoms with van der Waals surface area (Å²) < 4.78 is 0. The lowest BCUT2D eigenvalue weighted by Gasteiger charge is -2.10. The molecule has 1 heterocycles. The van der Waals surface area contributed by atoms with E-state index < -0.39 is 0 Å². The van der Waals surface area contributed by atoms with E-state index in [1.165, 1.54) is 6.92 Å². The molecule has 2 rings (SSSR count). The molecule has 0 unspecified atom stereocenters. The van der Waals surface area contributed by atoms with Crippen LogP contribution in [0.1, 0.15) is 29.9 Å². The highest BCUT2D eigenvalue weighted by Gasteiger charge is 2.14. The first-order valence-electron chi connectivity index (χ1n) is 5.33. The van der Waals surface area contributed by atoms with Crippen LogP contribution in [0.2, 0.25) is 0 Å². The minimum Gasteiger partial charge on any atom is -0.398 e. The number of para-hydroxylation sites is 1. The number of carbonyl (C=O) groups is 1. The van der Waals surface area contributed by atoms with E-state index in [0.29, 0.717) is 17.7 Å². The first kappa shape index (κ1) is 10.6. The van der Waals surface area contributed by atoms with Gasteiger partial charge in [-0.2, -0.15) is 0 Å². The van der Waals surface area contributed by atoms with Crippen molar-refractivity contribution in [3.8, 4) is 0 Å². The van der Waals surface area contributed by atoms with E-state index in [9.17, 15) is 4.79 Å². The number of aryl methyl sites for hydroxylation is 1. The lowest BCUT2D eigenvalue weighted by atomic mass is 10.0. The van der Waals surface area contributed by atoms with Gasteiger partial charge in [0.05, 0.1) is 22.5 Å². The van der Waals surface area contributed by atoms with Crippen LogP contribution in [-0.2, 0) is 6.42 Å². The first-order chi connectivity index (χ1) is 7.65. The predicted molar refractivity (Wildman–Crippen MR) is 65.5 cm³/mol. The molecule has 1 aromatic heterocycles. The topological polar surface area (TPSA) is 56.0 Å². The number of nitrogens with zero attached hydrogens (tertiary/aromatic N) is 1. The van der Waals surface area contributed by atoms with Crippen LogP contribution in [0.3, 0.4) is 0 Å². The molecule has 0 fully saturated rings. The van der Waals surface area contributed by atoms with Gasteiger partial charge in [-0.3, -0.25) is 9.78 Å². The van der Waals surface area contributed by atoms with Crippen LogP contribution >= 0.6 is 0 Å². The fourth-order valence-corrected chi connectivity index (χ4v) is 1.94. The van der Waals surface area contributed by atoms with E-state index in [0.717, 1.165) is 16.6 Å². The third kappa shape index (κ3) is 1.54. The van der Waals surface area contributed by atoms with E-state index in [1.807, 2.05) is 31.2 Å². The second-order valence-electron chi connectivity index (χ2n) is 3.77. The number of benzene rings is 1. The Balaban J connectivity index is 2.87. The van der Waals surface area contributed by atoms with Crippen molar-refractivity contribution < 1.29 is 4.79 Å². The lowest BCUT2D eigenvalue weighted by Crippen LogP contribution is -2.07. The number of pyridine rings is 1. The quantitative estimate of drug-likeness (QED) is 0.782. The van der Waals surface area contributed by atoms with Crippen molar-refractivity contribution in [2.45, 2.75) is 20.3 Å². The molecule has 2 aromatic rings. The number of hydrogen-bond acceptors (Lipinski definition) is 3.